The molecule has 0 aliphatic carbocycles. The minimum absolute atomic E-state index is 0.587. The van der Waals surface area contributed by atoms with E-state index >= 15 is 0 Å². The molecule has 0 amide bonds. The van der Waals surface area contributed by atoms with Crippen LogP contribution < -0.4 is 5.43 Å². The van der Waals surface area contributed by atoms with Crippen molar-refractivity contribution in [3.05, 3.63) is 84.4 Å². The van der Waals surface area contributed by atoms with Gasteiger partial charge in [-0.1, -0.05) is 60.7 Å². The molecule has 0 saturated carbocycles. The van der Waals surface area contributed by atoms with Crippen LogP contribution in [0.25, 0.3) is 11.2 Å². The molecule has 1 N–H and O–H groups in total. The second kappa shape index (κ2) is 6.92. The van der Waals surface area contributed by atoms with Gasteiger partial charge in [0, 0.05) is 0 Å². The van der Waals surface area contributed by atoms with E-state index < -0.39 is 0 Å². The van der Waals surface area contributed by atoms with Crippen LogP contribution in [0.15, 0.2) is 78.4 Å². The quantitative estimate of drug-likeness (QED) is 0.451. The number of aromatic nitrogens is 4. The van der Waals surface area contributed by atoms with Gasteiger partial charge in [-0.15, -0.1) is 0 Å². The fourth-order valence-electron chi connectivity index (χ4n) is 2.57. The van der Waals surface area contributed by atoms with Gasteiger partial charge in [0.15, 0.2) is 17.0 Å². The van der Waals surface area contributed by atoms with Crippen molar-refractivity contribution >= 4 is 23.2 Å². The zero-order valence-corrected chi connectivity index (χ0v) is 13.4. The van der Waals surface area contributed by atoms with E-state index in [-0.39, 0.29) is 0 Å². The van der Waals surface area contributed by atoms with Gasteiger partial charge in [-0.05, 0) is 11.1 Å². The van der Waals surface area contributed by atoms with Crippen LogP contribution >= 0.6 is 0 Å². The lowest BCUT2D eigenvalue weighted by molar-refractivity contribution is 0.813. The summed E-state index contributed by atoms with van der Waals surface area (Å²) in [6.45, 7) is 0.709. The van der Waals surface area contributed by atoms with Crippen LogP contribution in [0.3, 0.4) is 0 Å². The van der Waals surface area contributed by atoms with Gasteiger partial charge in [-0.25, -0.2) is 15.0 Å². The minimum atomic E-state index is 0.587. The first kappa shape index (κ1) is 15.0. The summed E-state index contributed by atoms with van der Waals surface area (Å²) in [6, 6.07) is 20.1. The number of nitrogens with one attached hydrogen (secondary N) is 1. The Hall–Kier alpha value is -3.54. The van der Waals surface area contributed by atoms with Crippen molar-refractivity contribution in [3.8, 4) is 0 Å². The zero-order chi connectivity index (χ0) is 16.9. The summed E-state index contributed by atoms with van der Waals surface area (Å²) < 4.78 is 2.00. The summed E-state index contributed by atoms with van der Waals surface area (Å²) in [4.78, 5) is 13.1. The molecular weight excluding hydrogens is 312 g/mol. The van der Waals surface area contributed by atoms with Gasteiger partial charge < -0.3 is 4.57 Å². The standard InChI is InChI=1S/C19H16N6/c1-3-7-15(8-4-1)11-23-24-18-17-19(21-13-20-18)25(14-22-17)12-16-9-5-2-6-10-16/h1-11,13-14H,12H2,(H,20,21,24). The first-order valence-corrected chi connectivity index (χ1v) is 7.94. The Kier molecular flexibility index (Phi) is 4.16. The first-order chi connectivity index (χ1) is 12.4. The van der Waals surface area contributed by atoms with Gasteiger partial charge >= 0.3 is 0 Å². The number of hydrogen-bond donors (Lipinski definition) is 1. The van der Waals surface area contributed by atoms with Crippen LogP contribution in [0, 0.1) is 0 Å². The summed E-state index contributed by atoms with van der Waals surface area (Å²) in [5.41, 5.74) is 6.63. The largest absolute Gasteiger partial charge is 0.311 e. The third-order valence-electron chi connectivity index (χ3n) is 3.78. The van der Waals surface area contributed by atoms with Crippen molar-refractivity contribution in [2.45, 2.75) is 6.54 Å². The molecule has 4 rings (SSSR count). The number of imidazole rings is 1. The Morgan fingerprint density at radius 1 is 0.920 bits per heavy atom. The lowest BCUT2D eigenvalue weighted by Gasteiger charge is -2.04. The van der Waals surface area contributed by atoms with E-state index in [0.717, 1.165) is 11.2 Å². The monoisotopic (exact) mass is 328 g/mol. The molecule has 0 fully saturated rings. The van der Waals surface area contributed by atoms with E-state index in [4.69, 9.17) is 0 Å². The molecule has 4 aromatic rings. The molecule has 0 aliphatic rings. The average molecular weight is 328 g/mol. The van der Waals surface area contributed by atoms with E-state index in [0.29, 0.717) is 17.9 Å². The number of benzene rings is 2. The molecular formula is C19H16N6. The molecule has 0 radical (unpaired) electrons. The Morgan fingerprint density at radius 2 is 1.68 bits per heavy atom. The topological polar surface area (TPSA) is 68.0 Å². The molecule has 2 aromatic heterocycles. The lowest BCUT2D eigenvalue weighted by atomic mass is 10.2. The van der Waals surface area contributed by atoms with Crippen LogP contribution in [-0.4, -0.2) is 25.7 Å². The van der Waals surface area contributed by atoms with E-state index in [2.05, 4.69) is 37.6 Å². The van der Waals surface area contributed by atoms with Crippen molar-refractivity contribution in [2.24, 2.45) is 5.10 Å². The molecule has 25 heavy (non-hydrogen) atoms. The van der Waals surface area contributed by atoms with E-state index in [9.17, 15) is 0 Å². The van der Waals surface area contributed by atoms with Crippen molar-refractivity contribution in [1.29, 1.82) is 0 Å². The summed E-state index contributed by atoms with van der Waals surface area (Å²) in [5, 5.41) is 4.24. The number of nitrogens with zero attached hydrogens (tertiary/aromatic N) is 5. The van der Waals surface area contributed by atoms with Crippen molar-refractivity contribution in [1.82, 2.24) is 19.5 Å². The molecule has 2 heterocycles. The summed E-state index contributed by atoms with van der Waals surface area (Å²) in [6.07, 6.45) is 5.04. The molecule has 0 unspecified atom stereocenters. The molecule has 6 heteroatoms. The normalized spacial score (nSPS) is 11.2. The number of hydrogen-bond acceptors (Lipinski definition) is 5. The van der Waals surface area contributed by atoms with E-state index in [1.807, 2.05) is 53.1 Å². The van der Waals surface area contributed by atoms with Gasteiger partial charge in [0.2, 0.25) is 0 Å². The second-order valence-electron chi connectivity index (χ2n) is 5.53. The van der Waals surface area contributed by atoms with Gasteiger partial charge in [-0.2, -0.15) is 5.10 Å². The Bertz CT molecular complexity index is 992. The molecule has 0 aliphatic heterocycles. The highest BCUT2D eigenvalue weighted by molar-refractivity contribution is 5.84. The SMILES string of the molecule is C(=NNc1ncnc2c1ncn2Cc1ccccc1)c1ccccc1. The second-order valence-corrected chi connectivity index (χ2v) is 5.53. The van der Waals surface area contributed by atoms with Crippen molar-refractivity contribution in [3.63, 3.8) is 0 Å². The molecule has 0 bridgehead atoms. The third-order valence-corrected chi connectivity index (χ3v) is 3.78. The number of anilines is 1. The summed E-state index contributed by atoms with van der Waals surface area (Å²) >= 11 is 0. The molecule has 6 nitrogen and oxygen atoms in total. The van der Waals surface area contributed by atoms with E-state index in [1.165, 1.54) is 11.9 Å². The number of fused-ring (bicyclic) bond motifs is 1. The van der Waals surface area contributed by atoms with Crippen molar-refractivity contribution < 1.29 is 0 Å². The van der Waals surface area contributed by atoms with Crippen LogP contribution in [0.2, 0.25) is 0 Å². The van der Waals surface area contributed by atoms with Crippen LogP contribution in [0.5, 0.6) is 0 Å². The fourth-order valence-corrected chi connectivity index (χ4v) is 2.57. The first-order valence-electron chi connectivity index (χ1n) is 7.94. The zero-order valence-electron chi connectivity index (χ0n) is 13.4. The molecule has 0 atom stereocenters. The van der Waals surface area contributed by atoms with Crippen molar-refractivity contribution in [2.75, 3.05) is 5.43 Å². The van der Waals surface area contributed by atoms with Gasteiger partial charge in [0.25, 0.3) is 0 Å². The highest BCUT2D eigenvalue weighted by Crippen LogP contribution is 2.18. The maximum atomic E-state index is 4.44. The minimum Gasteiger partial charge on any atom is -0.311 e. The Morgan fingerprint density at radius 3 is 2.48 bits per heavy atom. The summed E-state index contributed by atoms with van der Waals surface area (Å²) in [5.74, 6) is 0.587. The van der Waals surface area contributed by atoms with Gasteiger partial charge in [-0.3, -0.25) is 5.43 Å². The molecule has 122 valence electrons. The van der Waals surface area contributed by atoms with Crippen LogP contribution in [0.1, 0.15) is 11.1 Å². The third kappa shape index (κ3) is 3.37. The maximum absolute atomic E-state index is 4.44. The maximum Gasteiger partial charge on any atom is 0.177 e. The highest BCUT2D eigenvalue weighted by atomic mass is 15.3. The van der Waals surface area contributed by atoms with Crippen LogP contribution in [0.4, 0.5) is 5.82 Å². The predicted molar refractivity (Wildman–Crippen MR) is 98.5 cm³/mol. The number of rotatable bonds is 5. The molecule has 2 aromatic carbocycles. The Balaban J connectivity index is 1.57. The molecule has 0 spiro atoms. The fraction of sp³-hybridized carbons (Fsp3) is 0.0526. The van der Waals surface area contributed by atoms with Gasteiger partial charge in [0.05, 0.1) is 19.1 Å². The number of hydrazone groups is 1. The average Bonchev–Trinajstić information content (AvgIpc) is 3.07. The van der Waals surface area contributed by atoms with E-state index in [1.54, 1.807) is 12.5 Å². The summed E-state index contributed by atoms with van der Waals surface area (Å²) in [7, 11) is 0. The molecule has 0 saturated heterocycles. The predicted octanol–water partition coefficient (Wildman–Crippen LogP) is 3.32. The van der Waals surface area contributed by atoms with Crippen LogP contribution in [-0.2, 0) is 6.54 Å². The highest BCUT2D eigenvalue weighted by Gasteiger charge is 2.09. The van der Waals surface area contributed by atoms with Gasteiger partial charge in [0.1, 0.15) is 6.33 Å². The Labute approximate surface area is 144 Å². The lowest BCUT2D eigenvalue weighted by Crippen LogP contribution is -2.00. The smallest absolute Gasteiger partial charge is 0.177 e.